The molecule has 7 heteroatoms. The number of aromatic nitrogens is 1. The molecule has 0 saturated heterocycles. The minimum absolute atomic E-state index is 0.148. The Hall–Kier alpha value is -0.920. The summed E-state index contributed by atoms with van der Waals surface area (Å²) >= 11 is 0. The molecule has 0 atom stereocenters. The fourth-order valence-electron chi connectivity index (χ4n) is 1.48. The van der Waals surface area contributed by atoms with Crippen LogP contribution in [0, 0.1) is 6.92 Å². The quantitative estimate of drug-likeness (QED) is 0.651. The molecule has 6 nitrogen and oxygen atoms in total. The highest BCUT2D eigenvalue weighted by Crippen LogP contribution is 2.02. The van der Waals surface area contributed by atoms with E-state index in [1.54, 1.807) is 13.0 Å². The summed E-state index contributed by atoms with van der Waals surface area (Å²) in [4.78, 5) is 0. The standard InChI is InChI=1S/C11H21N3O3S/c1-3-12-6-4-5-7-18(15,16)13-9-11-8-10(2)17-14-11/h8,12-13H,3-7,9H2,1-2H3. The molecule has 0 spiro atoms. The molecular weight excluding hydrogens is 254 g/mol. The smallest absolute Gasteiger partial charge is 0.211 e. The Kier molecular flexibility index (Phi) is 6.31. The van der Waals surface area contributed by atoms with Gasteiger partial charge in [-0.2, -0.15) is 0 Å². The zero-order chi connectivity index (χ0) is 13.4. The van der Waals surface area contributed by atoms with Gasteiger partial charge in [0.2, 0.25) is 10.0 Å². The van der Waals surface area contributed by atoms with Gasteiger partial charge in [-0.15, -0.1) is 0 Å². The highest BCUT2D eigenvalue weighted by atomic mass is 32.2. The van der Waals surface area contributed by atoms with Gasteiger partial charge in [-0.05, 0) is 32.9 Å². The molecule has 1 heterocycles. The van der Waals surface area contributed by atoms with Crippen LogP contribution in [0.1, 0.15) is 31.2 Å². The summed E-state index contributed by atoms with van der Waals surface area (Å²) in [6.45, 7) is 5.75. The Bertz CT molecular complexity index is 442. The van der Waals surface area contributed by atoms with Gasteiger partial charge in [-0.1, -0.05) is 12.1 Å². The number of sulfonamides is 1. The maximum atomic E-state index is 11.7. The monoisotopic (exact) mass is 275 g/mol. The summed E-state index contributed by atoms with van der Waals surface area (Å²) < 4.78 is 30.7. The SMILES string of the molecule is CCNCCCCS(=O)(=O)NCc1cc(C)on1. The third-order valence-corrected chi connectivity index (χ3v) is 3.83. The third kappa shape index (κ3) is 6.13. The molecule has 1 aromatic rings. The average Bonchev–Trinajstić information content (AvgIpc) is 2.73. The highest BCUT2D eigenvalue weighted by Gasteiger charge is 2.10. The fourth-order valence-corrected chi connectivity index (χ4v) is 2.57. The van der Waals surface area contributed by atoms with Gasteiger partial charge >= 0.3 is 0 Å². The first kappa shape index (κ1) is 15.1. The van der Waals surface area contributed by atoms with Crippen LogP contribution >= 0.6 is 0 Å². The van der Waals surface area contributed by atoms with Gasteiger partial charge in [0.1, 0.15) is 5.76 Å². The Morgan fingerprint density at radius 2 is 2.17 bits per heavy atom. The van der Waals surface area contributed by atoms with Crippen LogP contribution in [0.3, 0.4) is 0 Å². The number of nitrogens with one attached hydrogen (secondary N) is 2. The lowest BCUT2D eigenvalue weighted by Crippen LogP contribution is -2.26. The number of rotatable bonds is 9. The third-order valence-electron chi connectivity index (χ3n) is 2.42. The first-order chi connectivity index (χ1) is 8.53. The molecule has 0 aromatic carbocycles. The van der Waals surface area contributed by atoms with Crippen molar-refractivity contribution in [3.05, 3.63) is 17.5 Å². The second kappa shape index (κ2) is 7.50. The lowest BCUT2D eigenvalue weighted by atomic mass is 10.3. The second-order valence-corrected chi connectivity index (χ2v) is 6.06. The van der Waals surface area contributed by atoms with Crippen molar-refractivity contribution < 1.29 is 12.9 Å². The number of aryl methyl sites for hydroxylation is 1. The van der Waals surface area contributed by atoms with Crippen LogP contribution in [-0.2, 0) is 16.6 Å². The topological polar surface area (TPSA) is 84.2 Å². The van der Waals surface area contributed by atoms with Crippen molar-refractivity contribution in [3.63, 3.8) is 0 Å². The van der Waals surface area contributed by atoms with Crippen LogP contribution < -0.4 is 10.0 Å². The summed E-state index contributed by atoms with van der Waals surface area (Å²) in [6.07, 6.45) is 1.51. The Labute approximate surface area is 108 Å². The molecule has 0 aliphatic rings. The van der Waals surface area contributed by atoms with Gasteiger partial charge in [0.25, 0.3) is 0 Å². The fraction of sp³-hybridized carbons (Fsp3) is 0.727. The summed E-state index contributed by atoms with van der Waals surface area (Å²) in [5, 5.41) is 6.89. The van der Waals surface area contributed by atoms with E-state index < -0.39 is 10.0 Å². The molecule has 18 heavy (non-hydrogen) atoms. The molecule has 0 unspecified atom stereocenters. The van der Waals surface area contributed by atoms with Crippen molar-refractivity contribution in [2.24, 2.45) is 0 Å². The number of hydrogen-bond donors (Lipinski definition) is 2. The van der Waals surface area contributed by atoms with Crippen molar-refractivity contribution in [1.29, 1.82) is 0 Å². The molecule has 2 N–H and O–H groups in total. The van der Waals surface area contributed by atoms with Gasteiger partial charge < -0.3 is 9.84 Å². The number of unbranched alkanes of at least 4 members (excludes halogenated alkanes) is 1. The van der Waals surface area contributed by atoms with E-state index in [4.69, 9.17) is 4.52 Å². The van der Waals surface area contributed by atoms with Crippen LogP contribution in [0.2, 0.25) is 0 Å². The summed E-state index contributed by atoms with van der Waals surface area (Å²) in [5.41, 5.74) is 0.601. The number of hydrogen-bond acceptors (Lipinski definition) is 5. The van der Waals surface area contributed by atoms with E-state index in [9.17, 15) is 8.42 Å². The lowest BCUT2D eigenvalue weighted by molar-refractivity contribution is 0.390. The largest absolute Gasteiger partial charge is 0.361 e. The van der Waals surface area contributed by atoms with E-state index in [2.05, 4.69) is 15.2 Å². The molecule has 0 saturated carbocycles. The first-order valence-corrected chi connectivity index (χ1v) is 7.79. The van der Waals surface area contributed by atoms with Crippen molar-refractivity contribution in [3.8, 4) is 0 Å². The van der Waals surface area contributed by atoms with E-state index in [-0.39, 0.29) is 12.3 Å². The highest BCUT2D eigenvalue weighted by molar-refractivity contribution is 7.89. The van der Waals surface area contributed by atoms with Gasteiger partial charge in [-0.25, -0.2) is 13.1 Å². The molecule has 0 amide bonds. The predicted octanol–water partition coefficient (Wildman–Crippen LogP) is 0.792. The molecule has 0 bridgehead atoms. The molecule has 0 fully saturated rings. The first-order valence-electron chi connectivity index (χ1n) is 6.14. The normalized spacial score (nSPS) is 11.9. The van der Waals surface area contributed by atoms with Crippen molar-refractivity contribution in [2.75, 3.05) is 18.8 Å². The molecule has 0 aliphatic heterocycles. The molecule has 0 radical (unpaired) electrons. The van der Waals surface area contributed by atoms with E-state index >= 15 is 0 Å². The van der Waals surface area contributed by atoms with E-state index in [1.807, 2.05) is 6.92 Å². The van der Waals surface area contributed by atoms with Gasteiger partial charge in [-0.3, -0.25) is 0 Å². The molecule has 0 aliphatic carbocycles. The van der Waals surface area contributed by atoms with Crippen LogP contribution in [-0.4, -0.2) is 32.4 Å². The van der Waals surface area contributed by atoms with Crippen molar-refractivity contribution >= 4 is 10.0 Å². The maximum absolute atomic E-state index is 11.7. The summed E-state index contributed by atoms with van der Waals surface area (Å²) in [6, 6.07) is 1.72. The second-order valence-electron chi connectivity index (χ2n) is 4.13. The Balaban J connectivity index is 2.23. The average molecular weight is 275 g/mol. The van der Waals surface area contributed by atoms with Crippen LogP contribution in [0.25, 0.3) is 0 Å². The minimum Gasteiger partial charge on any atom is -0.361 e. The van der Waals surface area contributed by atoms with E-state index in [1.165, 1.54) is 0 Å². The van der Waals surface area contributed by atoms with E-state index in [0.29, 0.717) is 17.9 Å². The van der Waals surface area contributed by atoms with Crippen molar-refractivity contribution in [2.45, 2.75) is 33.2 Å². The summed E-state index contributed by atoms with van der Waals surface area (Å²) in [7, 11) is -3.22. The Morgan fingerprint density at radius 1 is 1.39 bits per heavy atom. The predicted molar refractivity (Wildman–Crippen MR) is 69.6 cm³/mol. The van der Waals surface area contributed by atoms with E-state index in [0.717, 1.165) is 19.5 Å². The van der Waals surface area contributed by atoms with Crippen LogP contribution in [0.4, 0.5) is 0 Å². The van der Waals surface area contributed by atoms with Crippen LogP contribution in [0.15, 0.2) is 10.6 Å². The van der Waals surface area contributed by atoms with Gasteiger partial charge in [0, 0.05) is 6.07 Å². The minimum atomic E-state index is -3.22. The maximum Gasteiger partial charge on any atom is 0.211 e. The molecule has 1 rings (SSSR count). The van der Waals surface area contributed by atoms with Crippen molar-refractivity contribution in [1.82, 2.24) is 15.2 Å². The summed E-state index contributed by atoms with van der Waals surface area (Å²) in [5.74, 6) is 0.824. The number of nitrogens with zero attached hydrogens (tertiary/aromatic N) is 1. The van der Waals surface area contributed by atoms with Gasteiger partial charge in [0.15, 0.2) is 0 Å². The Morgan fingerprint density at radius 3 is 2.78 bits per heavy atom. The zero-order valence-corrected chi connectivity index (χ0v) is 11.7. The molecule has 104 valence electrons. The lowest BCUT2D eigenvalue weighted by Gasteiger charge is -2.05. The zero-order valence-electron chi connectivity index (χ0n) is 10.9. The molecular formula is C11H21N3O3S. The molecule has 1 aromatic heterocycles. The van der Waals surface area contributed by atoms with Crippen LogP contribution in [0.5, 0.6) is 0 Å². The van der Waals surface area contributed by atoms with Gasteiger partial charge in [0.05, 0.1) is 18.0 Å².